The van der Waals surface area contributed by atoms with Crippen LogP contribution in [0.3, 0.4) is 0 Å². The van der Waals surface area contributed by atoms with E-state index >= 15 is 0 Å². The van der Waals surface area contributed by atoms with Gasteiger partial charge in [0.15, 0.2) is 9.84 Å². The lowest BCUT2D eigenvalue weighted by molar-refractivity contribution is -0.138. The number of halogens is 3. The van der Waals surface area contributed by atoms with Crippen LogP contribution in [0, 0.1) is 5.92 Å². The maximum Gasteiger partial charge on any atom is 0.416 e. The van der Waals surface area contributed by atoms with E-state index in [0.717, 1.165) is 12.1 Å². The second-order valence-electron chi connectivity index (χ2n) is 4.50. The Morgan fingerprint density at radius 1 is 1.26 bits per heavy atom. The molecular formula is C12H15F3O3S. The standard InChI is InChI=1S/C12H15F3O3S/c1-9(6-16)7-19(17,18)8-10-4-2-3-5-11(10)12(13,14)15/h2-5,9,16H,6-8H2,1H3. The molecule has 0 heterocycles. The van der Waals surface area contributed by atoms with Gasteiger partial charge in [0.25, 0.3) is 0 Å². The fourth-order valence-corrected chi connectivity index (χ4v) is 3.52. The number of alkyl halides is 3. The van der Waals surface area contributed by atoms with Crippen molar-refractivity contribution in [2.75, 3.05) is 12.4 Å². The van der Waals surface area contributed by atoms with Gasteiger partial charge in [-0.1, -0.05) is 25.1 Å². The predicted molar refractivity (Wildman–Crippen MR) is 65.2 cm³/mol. The molecule has 3 nitrogen and oxygen atoms in total. The van der Waals surface area contributed by atoms with Gasteiger partial charge >= 0.3 is 6.18 Å². The third-order valence-corrected chi connectivity index (χ3v) is 4.38. The molecule has 0 aliphatic heterocycles. The van der Waals surface area contributed by atoms with Crippen molar-refractivity contribution >= 4 is 9.84 Å². The van der Waals surface area contributed by atoms with E-state index in [1.807, 2.05) is 0 Å². The SMILES string of the molecule is CC(CO)CS(=O)(=O)Cc1ccccc1C(F)(F)F. The molecule has 1 N–H and O–H groups in total. The summed E-state index contributed by atoms with van der Waals surface area (Å²) in [4.78, 5) is 0. The number of hydrogen-bond donors (Lipinski definition) is 1. The molecule has 0 saturated heterocycles. The van der Waals surface area contributed by atoms with Crippen LogP contribution in [0.15, 0.2) is 24.3 Å². The van der Waals surface area contributed by atoms with Gasteiger partial charge in [-0.2, -0.15) is 13.2 Å². The lowest BCUT2D eigenvalue weighted by atomic mass is 10.1. The van der Waals surface area contributed by atoms with Gasteiger partial charge in [0.1, 0.15) is 0 Å². The summed E-state index contributed by atoms with van der Waals surface area (Å²) in [5.41, 5.74) is -1.20. The van der Waals surface area contributed by atoms with Crippen LogP contribution >= 0.6 is 0 Å². The number of aliphatic hydroxyl groups excluding tert-OH is 1. The van der Waals surface area contributed by atoms with Gasteiger partial charge in [0.2, 0.25) is 0 Å². The molecule has 19 heavy (non-hydrogen) atoms. The van der Waals surface area contributed by atoms with Crippen molar-refractivity contribution in [2.24, 2.45) is 5.92 Å². The Hall–Kier alpha value is -1.08. The molecule has 1 atom stereocenters. The summed E-state index contributed by atoms with van der Waals surface area (Å²) in [7, 11) is -3.69. The Labute approximate surface area is 110 Å². The number of aliphatic hydroxyl groups is 1. The summed E-state index contributed by atoms with van der Waals surface area (Å²) in [6, 6.07) is 4.61. The van der Waals surface area contributed by atoms with Crippen LogP contribution in [0.1, 0.15) is 18.1 Å². The lowest BCUT2D eigenvalue weighted by Crippen LogP contribution is -2.20. The van der Waals surface area contributed by atoms with Crippen molar-refractivity contribution in [3.05, 3.63) is 35.4 Å². The molecule has 0 spiro atoms. The summed E-state index contributed by atoms with van der Waals surface area (Å²) in [5, 5.41) is 8.80. The first-order chi connectivity index (χ1) is 8.65. The zero-order valence-electron chi connectivity index (χ0n) is 10.3. The lowest BCUT2D eigenvalue weighted by Gasteiger charge is -2.14. The minimum atomic E-state index is -4.57. The van der Waals surface area contributed by atoms with Crippen molar-refractivity contribution in [3.63, 3.8) is 0 Å². The average Bonchev–Trinajstić information content (AvgIpc) is 2.26. The Morgan fingerprint density at radius 3 is 2.37 bits per heavy atom. The first kappa shape index (κ1) is 16.0. The smallest absolute Gasteiger partial charge is 0.396 e. The highest BCUT2D eigenvalue weighted by molar-refractivity contribution is 7.90. The van der Waals surface area contributed by atoms with Gasteiger partial charge in [-0.3, -0.25) is 0 Å². The van der Waals surface area contributed by atoms with E-state index in [4.69, 9.17) is 5.11 Å². The molecule has 0 bridgehead atoms. The fourth-order valence-electron chi connectivity index (χ4n) is 1.70. The van der Waals surface area contributed by atoms with Crippen molar-refractivity contribution in [3.8, 4) is 0 Å². The summed E-state index contributed by atoms with van der Waals surface area (Å²) in [6.07, 6.45) is -4.57. The van der Waals surface area contributed by atoms with Crippen LogP contribution in [0.4, 0.5) is 13.2 Å². The van der Waals surface area contributed by atoms with Crippen molar-refractivity contribution < 1.29 is 26.7 Å². The minimum absolute atomic E-state index is 0.264. The fraction of sp³-hybridized carbons (Fsp3) is 0.500. The molecule has 0 radical (unpaired) electrons. The van der Waals surface area contributed by atoms with E-state index in [1.54, 1.807) is 0 Å². The van der Waals surface area contributed by atoms with Crippen LogP contribution < -0.4 is 0 Å². The van der Waals surface area contributed by atoms with Crippen LogP contribution in [-0.2, 0) is 21.8 Å². The molecule has 0 aliphatic carbocycles. The molecular weight excluding hydrogens is 281 g/mol. The van der Waals surface area contributed by atoms with Crippen molar-refractivity contribution in [1.82, 2.24) is 0 Å². The van der Waals surface area contributed by atoms with Crippen LogP contribution in [0.25, 0.3) is 0 Å². The number of hydrogen-bond acceptors (Lipinski definition) is 3. The Kier molecular flexibility index (Phi) is 4.98. The largest absolute Gasteiger partial charge is 0.416 e. The summed E-state index contributed by atoms with van der Waals surface area (Å²) in [5.74, 6) is -1.51. The van der Waals surface area contributed by atoms with Crippen LogP contribution in [-0.4, -0.2) is 25.9 Å². The molecule has 0 fully saturated rings. The second-order valence-corrected chi connectivity index (χ2v) is 6.61. The Bertz CT molecular complexity index is 523. The van der Waals surface area contributed by atoms with E-state index in [2.05, 4.69) is 0 Å². The summed E-state index contributed by atoms with van der Waals surface area (Å²) in [6.45, 7) is 1.20. The minimum Gasteiger partial charge on any atom is -0.396 e. The topological polar surface area (TPSA) is 54.4 Å². The molecule has 0 aromatic heterocycles. The Balaban J connectivity index is 3.00. The maximum absolute atomic E-state index is 12.7. The predicted octanol–water partition coefficient (Wildman–Crippen LogP) is 2.25. The third kappa shape index (κ3) is 4.83. The monoisotopic (exact) mass is 296 g/mol. The van der Waals surface area contributed by atoms with E-state index in [9.17, 15) is 21.6 Å². The zero-order valence-corrected chi connectivity index (χ0v) is 11.1. The number of benzene rings is 1. The van der Waals surface area contributed by atoms with Gasteiger partial charge < -0.3 is 5.11 Å². The highest BCUT2D eigenvalue weighted by atomic mass is 32.2. The van der Waals surface area contributed by atoms with E-state index in [-0.39, 0.29) is 17.9 Å². The van der Waals surface area contributed by atoms with Gasteiger partial charge in [0.05, 0.1) is 17.1 Å². The van der Waals surface area contributed by atoms with E-state index < -0.39 is 33.2 Å². The molecule has 1 unspecified atom stereocenters. The molecule has 0 aliphatic rings. The number of sulfone groups is 1. The van der Waals surface area contributed by atoms with Gasteiger partial charge in [-0.05, 0) is 17.5 Å². The van der Waals surface area contributed by atoms with Crippen molar-refractivity contribution in [2.45, 2.75) is 18.9 Å². The van der Waals surface area contributed by atoms with Crippen molar-refractivity contribution in [1.29, 1.82) is 0 Å². The Morgan fingerprint density at radius 2 is 1.84 bits per heavy atom. The normalized spacial score (nSPS) is 14.4. The average molecular weight is 296 g/mol. The van der Waals surface area contributed by atoms with E-state index in [1.165, 1.54) is 19.1 Å². The maximum atomic E-state index is 12.7. The first-order valence-corrected chi connectivity index (χ1v) is 7.44. The number of rotatable bonds is 5. The molecule has 108 valence electrons. The quantitative estimate of drug-likeness (QED) is 0.906. The first-order valence-electron chi connectivity index (χ1n) is 5.62. The molecule has 1 aromatic rings. The second kappa shape index (κ2) is 5.92. The van der Waals surface area contributed by atoms with Crippen LogP contribution in [0.2, 0.25) is 0 Å². The summed E-state index contributed by atoms with van der Waals surface area (Å²) >= 11 is 0. The van der Waals surface area contributed by atoms with E-state index in [0.29, 0.717) is 0 Å². The third-order valence-electron chi connectivity index (χ3n) is 2.55. The van der Waals surface area contributed by atoms with Crippen LogP contribution in [0.5, 0.6) is 0 Å². The molecule has 1 rings (SSSR count). The zero-order chi connectivity index (χ0) is 14.7. The molecule has 0 saturated carbocycles. The van der Waals surface area contributed by atoms with Gasteiger partial charge in [0, 0.05) is 6.61 Å². The summed E-state index contributed by atoms with van der Waals surface area (Å²) < 4.78 is 61.7. The van der Waals surface area contributed by atoms with Gasteiger partial charge in [-0.25, -0.2) is 8.42 Å². The molecule has 7 heteroatoms. The molecule has 1 aromatic carbocycles. The highest BCUT2D eigenvalue weighted by Gasteiger charge is 2.34. The molecule has 0 amide bonds. The van der Waals surface area contributed by atoms with Gasteiger partial charge in [-0.15, -0.1) is 0 Å². The highest BCUT2D eigenvalue weighted by Crippen LogP contribution is 2.32.